The van der Waals surface area contributed by atoms with E-state index in [0.29, 0.717) is 6.61 Å². The highest BCUT2D eigenvalue weighted by Crippen LogP contribution is 2.11. The standard InChI is InChI=1S/C13H15BrO2/c1-2-3-10-16-13(15)9-6-11-4-7-12(14)8-5-11/h4-9H,2-3,10H2,1H3. The van der Waals surface area contributed by atoms with Crippen LogP contribution in [0, 0.1) is 0 Å². The second-order valence-corrected chi connectivity index (χ2v) is 4.32. The molecule has 1 aromatic rings. The summed E-state index contributed by atoms with van der Waals surface area (Å²) in [5.74, 6) is -0.281. The van der Waals surface area contributed by atoms with Crippen molar-refractivity contribution in [2.75, 3.05) is 6.61 Å². The van der Waals surface area contributed by atoms with E-state index >= 15 is 0 Å². The van der Waals surface area contributed by atoms with Crippen LogP contribution in [0.25, 0.3) is 6.08 Å². The molecule has 0 atom stereocenters. The molecule has 2 nitrogen and oxygen atoms in total. The number of unbranched alkanes of at least 4 members (excludes halogenated alkanes) is 1. The summed E-state index contributed by atoms with van der Waals surface area (Å²) in [6.45, 7) is 2.56. The number of hydrogen-bond acceptors (Lipinski definition) is 2. The summed E-state index contributed by atoms with van der Waals surface area (Å²) in [6, 6.07) is 7.73. The van der Waals surface area contributed by atoms with Crippen molar-refractivity contribution in [3.63, 3.8) is 0 Å². The van der Waals surface area contributed by atoms with Gasteiger partial charge < -0.3 is 4.74 Å². The predicted octanol–water partition coefficient (Wildman–Crippen LogP) is 3.81. The number of carbonyl (C=O) groups excluding carboxylic acids is 1. The fourth-order valence-electron chi connectivity index (χ4n) is 1.10. The second-order valence-electron chi connectivity index (χ2n) is 3.41. The quantitative estimate of drug-likeness (QED) is 0.466. The van der Waals surface area contributed by atoms with Gasteiger partial charge in [-0.3, -0.25) is 0 Å². The van der Waals surface area contributed by atoms with Gasteiger partial charge in [-0.25, -0.2) is 4.79 Å². The molecule has 0 fully saturated rings. The van der Waals surface area contributed by atoms with Gasteiger partial charge >= 0.3 is 5.97 Å². The number of benzene rings is 1. The van der Waals surface area contributed by atoms with Gasteiger partial charge in [0.15, 0.2) is 0 Å². The third-order valence-electron chi connectivity index (χ3n) is 2.02. The summed E-state index contributed by atoms with van der Waals surface area (Å²) in [4.78, 5) is 11.2. The number of rotatable bonds is 5. The van der Waals surface area contributed by atoms with Crippen molar-refractivity contribution < 1.29 is 9.53 Å². The zero-order valence-electron chi connectivity index (χ0n) is 9.28. The highest BCUT2D eigenvalue weighted by molar-refractivity contribution is 9.10. The lowest BCUT2D eigenvalue weighted by Crippen LogP contribution is -2.01. The van der Waals surface area contributed by atoms with Crippen LogP contribution in [0.4, 0.5) is 0 Å². The average molecular weight is 283 g/mol. The molecule has 0 aliphatic heterocycles. The Balaban J connectivity index is 2.41. The van der Waals surface area contributed by atoms with Crippen LogP contribution in [0.15, 0.2) is 34.8 Å². The Morgan fingerprint density at radius 2 is 2.06 bits per heavy atom. The molecule has 0 unspecified atom stereocenters. The van der Waals surface area contributed by atoms with Crippen molar-refractivity contribution in [3.05, 3.63) is 40.4 Å². The van der Waals surface area contributed by atoms with E-state index in [9.17, 15) is 4.79 Å². The van der Waals surface area contributed by atoms with E-state index in [1.54, 1.807) is 6.08 Å². The number of hydrogen-bond donors (Lipinski definition) is 0. The topological polar surface area (TPSA) is 26.3 Å². The van der Waals surface area contributed by atoms with Gasteiger partial charge in [0.05, 0.1) is 6.61 Å². The highest BCUT2D eigenvalue weighted by atomic mass is 79.9. The van der Waals surface area contributed by atoms with Crippen molar-refractivity contribution in [2.45, 2.75) is 19.8 Å². The molecule has 0 spiro atoms. The van der Waals surface area contributed by atoms with E-state index in [-0.39, 0.29) is 5.97 Å². The van der Waals surface area contributed by atoms with E-state index in [0.717, 1.165) is 22.9 Å². The van der Waals surface area contributed by atoms with Crippen molar-refractivity contribution >= 4 is 28.0 Å². The van der Waals surface area contributed by atoms with Crippen LogP contribution in [-0.2, 0) is 9.53 Å². The third kappa shape index (κ3) is 5.12. The molecule has 0 N–H and O–H groups in total. The maximum atomic E-state index is 11.2. The van der Waals surface area contributed by atoms with Gasteiger partial charge in [-0.15, -0.1) is 0 Å². The Kier molecular flexibility index (Phi) is 5.86. The zero-order valence-corrected chi connectivity index (χ0v) is 10.9. The third-order valence-corrected chi connectivity index (χ3v) is 2.55. The van der Waals surface area contributed by atoms with Gasteiger partial charge in [0.1, 0.15) is 0 Å². The highest BCUT2D eigenvalue weighted by Gasteiger charge is 1.95. The summed E-state index contributed by atoms with van der Waals surface area (Å²) in [5, 5.41) is 0. The Hall–Kier alpha value is -1.09. The molecule has 86 valence electrons. The van der Waals surface area contributed by atoms with Crippen LogP contribution in [0.2, 0.25) is 0 Å². The van der Waals surface area contributed by atoms with Crippen LogP contribution < -0.4 is 0 Å². The van der Waals surface area contributed by atoms with E-state index in [1.807, 2.05) is 24.3 Å². The lowest BCUT2D eigenvalue weighted by molar-refractivity contribution is -0.137. The minimum absolute atomic E-state index is 0.281. The lowest BCUT2D eigenvalue weighted by Gasteiger charge is -1.99. The van der Waals surface area contributed by atoms with Crippen LogP contribution in [0.5, 0.6) is 0 Å². The van der Waals surface area contributed by atoms with Crippen molar-refractivity contribution in [1.82, 2.24) is 0 Å². The summed E-state index contributed by atoms with van der Waals surface area (Å²) < 4.78 is 6.02. The van der Waals surface area contributed by atoms with E-state index < -0.39 is 0 Å². The molecule has 0 radical (unpaired) electrons. The molecular weight excluding hydrogens is 268 g/mol. The van der Waals surface area contributed by atoms with Gasteiger partial charge in [0.25, 0.3) is 0 Å². The summed E-state index contributed by atoms with van der Waals surface area (Å²) in [7, 11) is 0. The molecule has 0 heterocycles. The molecule has 0 aliphatic carbocycles. The number of esters is 1. The Labute approximate surface area is 104 Å². The minimum Gasteiger partial charge on any atom is -0.463 e. The molecule has 0 saturated carbocycles. The summed E-state index contributed by atoms with van der Waals surface area (Å²) in [6.07, 6.45) is 5.15. The monoisotopic (exact) mass is 282 g/mol. The molecule has 16 heavy (non-hydrogen) atoms. The average Bonchev–Trinajstić information content (AvgIpc) is 2.29. The molecule has 0 amide bonds. The fourth-order valence-corrected chi connectivity index (χ4v) is 1.37. The van der Waals surface area contributed by atoms with Crippen LogP contribution in [0.3, 0.4) is 0 Å². The van der Waals surface area contributed by atoms with Crippen molar-refractivity contribution in [2.24, 2.45) is 0 Å². The predicted molar refractivity (Wildman–Crippen MR) is 69.0 cm³/mol. The Bertz CT molecular complexity index is 355. The molecule has 0 aromatic heterocycles. The van der Waals surface area contributed by atoms with Gasteiger partial charge in [-0.1, -0.05) is 41.4 Å². The molecule has 0 bridgehead atoms. The summed E-state index contributed by atoms with van der Waals surface area (Å²) >= 11 is 3.35. The first-order valence-corrected chi connectivity index (χ1v) is 6.12. The second kappa shape index (κ2) is 7.23. The number of carbonyl (C=O) groups is 1. The first kappa shape index (κ1) is 13.0. The Morgan fingerprint density at radius 3 is 2.69 bits per heavy atom. The fraction of sp³-hybridized carbons (Fsp3) is 0.308. The van der Waals surface area contributed by atoms with E-state index in [2.05, 4.69) is 22.9 Å². The molecule has 1 rings (SSSR count). The molecule has 0 aliphatic rings. The maximum Gasteiger partial charge on any atom is 0.330 e. The smallest absolute Gasteiger partial charge is 0.330 e. The molecular formula is C13H15BrO2. The van der Waals surface area contributed by atoms with Gasteiger partial charge in [-0.05, 0) is 30.2 Å². The van der Waals surface area contributed by atoms with Crippen LogP contribution >= 0.6 is 15.9 Å². The minimum atomic E-state index is -0.281. The molecule has 3 heteroatoms. The first-order chi connectivity index (χ1) is 7.72. The molecule has 1 aromatic carbocycles. The van der Waals surface area contributed by atoms with Gasteiger partial charge in [-0.2, -0.15) is 0 Å². The van der Waals surface area contributed by atoms with E-state index in [4.69, 9.17) is 4.74 Å². The van der Waals surface area contributed by atoms with Crippen molar-refractivity contribution in [3.8, 4) is 0 Å². The number of halogens is 1. The van der Waals surface area contributed by atoms with Crippen molar-refractivity contribution in [1.29, 1.82) is 0 Å². The van der Waals surface area contributed by atoms with Gasteiger partial charge in [0.2, 0.25) is 0 Å². The van der Waals surface area contributed by atoms with Crippen LogP contribution in [0.1, 0.15) is 25.3 Å². The SMILES string of the molecule is CCCCOC(=O)C=Cc1ccc(Br)cc1. The van der Waals surface area contributed by atoms with E-state index in [1.165, 1.54) is 6.08 Å². The number of ether oxygens (including phenoxy) is 1. The maximum absolute atomic E-state index is 11.2. The summed E-state index contributed by atoms with van der Waals surface area (Å²) in [5.41, 5.74) is 0.982. The largest absolute Gasteiger partial charge is 0.463 e. The van der Waals surface area contributed by atoms with Crippen LogP contribution in [-0.4, -0.2) is 12.6 Å². The lowest BCUT2D eigenvalue weighted by atomic mass is 10.2. The zero-order chi connectivity index (χ0) is 11.8. The first-order valence-electron chi connectivity index (χ1n) is 5.33. The van der Waals surface area contributed by atoms with Gasteiger partial charge in [0, 0.05) is 10.5 Å². The Morgan fingerprint density at radius 1 is 1.38 bits per heavy atom. The normalized spacial score (nSPS) is 10.6. The molecule has 0 saturated heterocycles.